The van der Waals surface area contributed by atoms with Crippen molar-refractivity contribution in [2.75, 3.05) is 13.1 Å². The molecule has 1 aliphatic rings. The highest BCUT2D eigenvalue weighted by atomic mass is 79.9. The summed E-state index contributed by atoms with van der Waals surface area (Å²) < 4.78 is 0.586. The summed E-state index contributed by atoms with van der Waals surface area (Å²) in [5.74, 6) is 0. The van der Waals surface area contributed by atoms with E-state index < -0.39 is 24.3 Å². The molecule has 0 radical (unpaired) electrons. The predicted octanol–water partition coefficient (Wildman–Crippen LogP) is 8.02. The second-order valence-electron chi connectivity index (χ2n) is 10.6. The van der Waals surface area contributed by atoms with Gasteiger partial charge in [0.1, 0.15) is 12.2 Å². The molecule has 9 heteroatoms. The molecule has 1 saturated heterocycles. The minimum atomic E-state index is -1.06. The van der Waals surface area contributed by atoms with Gasteiger partial charge in [0, 0.05) is 13.1 Å². The molecule has 3 rings (SSSR count). The van der Waals surface area contributed by atoms with Crippen molar-refractivity contribution in [1.82, 2.24) is 9.80 Å². The molecule has 222 valence electrons. The lowest BCUT2D eigenvalue weighted by Gasteiger charge is -2.36. The minimum Gasteiger partial charge on any atom is -0.388 e. The zero-order chi connectivity index (χ0) is 28.9. The Kier molecular flexibility index (Phi) is 15.5. The van der Waals surface area contributed by atoms with Crippen LogP contribution in [0.25, 0.3) is 0 Å². The van der Waals surface area contributed by atoms with E-state index in [9.17, 15) is 15.0 Å². The molecule has 0 unspecified atom stereocenters. The van der Waals surface area contributed by atoms with Gasteiger partial charge < -0.3 is 20.0 Å². The Balaban J connectivity index is 1.88. The SMILES string of the molecule is O=C1N(CCCCCC(Br)Br)[C@H](Cc2ccccc2)[C@H](O)[C@@H](O)[C@@H](Cc2ccccc2)N1CCCCCC(Br)Br. The van der Waals surface area contributed by atoms with Crippen LogP contribution < -0.4 is 0 Å². The van der Waals surface area contributed by atoms with Crippen LogP contribution >= 0.6 is 63.7 Å². The summed E-state index contributed by atoms with van der Waals surface area (Å²) in [6.45, 7) is 1.11. The van der Waals surface area contributed by atoms with Gasteiger partial charge in [0.15, 0.2) is 0 Å². The van der Waals surface area contributed by atoms with Crippen LogP contribution in [-0.2, 0) is 12.8 Å². The third-order valence-electron chi connectivity index (χ3n) is 7.65. The molecule has 1 fully saturated rings. The molecule has 2 aromatic carbocycles. The molecule has 4 atom stereocenters. The number of benzene rings is 2. The average Bonchev–Trinajstić information content (AvgIpc) is 3.00. The van der Waals surface area contributed by atoms with Gasteiger partial charge in [-0.15, -0.1) is 0 Å². The maximum atomic E-state index is 14.4. The summed E-state index contributed by atoms with van der Waals surface area (Å²) in [5, 5.41) is 23.4. The van der Waals surface area contributed by atoms with E-state index in [1.807, 2.05) is 70.5 Å². The zero-order valence-electron chi connectivity index (χ0n) is 22.9. The number of aliphatic hydroxyl groups excluding tert-OH is 2. The Morgan fingerprint density at radius 2 is 0.975 bits per heavy atom. The van der Waals surface area contributed by atoms with Gasteiger partial charge in [-0.2, -0.15) is 0 Å². The topological polar surface area (TPSA) is 64.0 Å². The second kappa shape index (κ2) is 18.3. The number of unbranched alkanes of at least 4 members (excludes halogenated alkanes) is 4. The number of urea groups is 1. The van der Waals surface area contributed by atoms with Gasteiger partial charge >= 0.3 is 6.03 Å². The highest BCUT2D eigenvalue weighted by Crippen LogP contribution is 2.29. The van der Waals surface area contributed by atoms with E-state index >= 15 is 0 Å². The number of nitrogens with zero attached hydrogens (tertiary/aromatic N) is 2. The minimum absolute atomic E-state index is 0.0739. The van der Waals surface area contributed by atoms with Crippen molar-refractivity contribution >= 4 is 69.8 Å². The van der Waals surface area contributed by atoms with Crippen LogP contribution in [-0.4, -0.2) is 70.9 Å². The largest absolute Gasteiger partial charge is 0.388 e. The Bertz CT molecular complexity index is 906. The quantitative estimate of drug-likeness (QED) is 0.134. The molecule has 2 amide bonds. The van der Waals surface area contributed by atoms with Gasteiger partial charge in [-0.1, -0.05) is 150 Å². The van der Waals surface area contributed by atoms with Crippen molar-refractivity contribution in [3.63, 3.8) is 0 Å². The van der Waals surface area contributed by atoms with Gasteiger partial charge in [0.05, 0.1) is 19.6 Å². The van der Waals surface area contributed by atoms with Gasteiger partial charge in [0.25, 0.3) is 0 Å². The maximum absolute atomic E-state index is 14.4. The van der Waals surface area contributed by atoms with E-state index in [1.165, 1.54) is 0 Å². The van der Waals surface area contributed by atoms with Crippen LogP contribution in [0.15, 0.2) is 60.7 Å². The summed E-state index contributed by atoms with van der Waals surface area (Å²) in [6.07, 6.45) is 6.67. The van der Waals surface area contributed by atoms with Gasteiger partial charge in [-0.05, 0) is 49.7 Å². The first-order valence-electron chi connectivity index (χ1n) is 14.4. The van der Waals surface area contributed by atoms with E-state index in [4.69, 9.17) is 0 Å². The van der Waals surface area contributed by atoms with Crippen LogP contribution in [0.1, 0.15) is 62.5 Å². The predicted molar refractivity (Wildman–Crippen MR) is 179 cm³/mol. The molecule has 0 saturated carbocycles. The lowest BCUT2D eigenvalue weighted by Crippen LogP contribution is -2.51. The van der Waals surface area contributed by atoms with Crippen LogP contribution in [0.4, 0.5) is 4.79 Å². The first kappa shape index (κ1) is 34.0. The fraction of sp³-hybridized carbons (Fsp3) is 0.581. The van der Waals surface area contributed by atoms with Crippen LogP contribution in [0.5, 0.6) is 0 Å². The van der Waals surface area contributed by atoms with Crippen LogP contribution in [0.2, 0.25) is 0 Å². The number of hydrogen-bond donors (Lipinski definition) is 2. The van der Waals surface area contributed by atoms with Crippen LogP contribution in [0, 0.1) is 0 Å². The number of alkyl halides is 4. The molecule has 2 aromatic rings. The van der Waals surface area contributed by atoms with Gasteiger partial charge in [0.2, 0.25) is 0 Å². The summed E-state index contributed by atoms with van der Waals surface area (Å²) in [7, 11) is 0. The lowest BCUT2D eigenvalue weighted by molar-refractivity contribution is -0.0396. The molecular formula is C31H42Br4N2O3. The fourth-order valence-electron chi connectivity index (χ4n) is 5.48. The molecule has 40 heavy (non-hydrogen) atoms. The molecule has 2 N–H and O–H groups in total. The second-order valence-corrected chi connectivity index (χ2v) is 17.5. The first-order chi connectivity index (χ1) is 19.3. The average molecular weight is 810 g/mol. The molecule has 5 nitrogen and oxygen atoms in total. The number of carbonyl (C=O) groups is 1. The fourth-order valence-corrected chi connectivity index (χ4v) is 6.78. The normalized spacial score (nSPS) is 21.9. The summed E-state index contributed by atoms with van der Waals surface area (Å²) in [4.78, 5) is 18.1. The Hall–Kier alpha value is -0.450. The third-order valence-corrected chi connectivity index (χ3v) is 9.48. The van der Waals surface area contributed by atoms with E-state index in [0.29, 0.717) is 33.4 Å². The van der Waals surface area contributed by atoms with Crippen molar-refractivity contribution in [3.05, 3.63) is 71.8 Å². The zero-order valence-corrected chi connectivity index (χ0v) is 29.3. The monoisotopic (exact) mass is 806 g/mol. The highest BCUT2D eigenvalue weighted by molar-refractivity contribution is 9.25. The maximum Gasteiger partial charge on any atom is 0.320 e. The molecule has 0 spiro atoms. The summed E-state index contributed by atoms with van der Waals surface area (Å²) in [5.41, 5.74) is 2.09. The van der Waals surface area contributed by atoms with E-state index in [-0.39, 0.29) is 6.03 Å². The molecule has 1 aliphatic heterocycles. The summed E-state index contributed by atoms with van der Waals surface area (Å²) >= 11 is 14.2. The summed E-state index contributed by atoms with van der Waals surface area (Å²) in [6, 6.07) is 18.9. The molecule has 1 heterocycles. The molecule has 0 bridgehead atoms. The molecular weight excluding hydrogens is 768 g/mol. The van der Waals surface area contributed by atoms with Crippen molar-refractivity contribution in [2.24, 2.45) is 0 Å². The van der Waals surface area contributed by atoms with Crippen LogP contribution in [0.3, 0.4) is 0 Å². The number of halogens is 4. The van der Waals surface area contributed by atoms with Crippen molar-refractivity contribution in [1.29, 1.82) is 0 Å². The Labute approximate surface area is 273 Å². The van der Waals surface area contributed by atoms with Gasteiger partial charge in [-0.25, -0.2) is 4.79 Å². The Morgan fingerprint density at radius 3 is 1.32 bits per heavy atom. The lowest BCUT2D eigenvalue weighted by atomic mass is 9.91. The van der Waals surface area contributed by atoms with E-state index in [1.54, 1.807) is 0 Å². The number of hydrogen-bond acceptors (Lipinski definition) is 3. The number of aliphatic hydroxyl groups is 2. The van der Waals surface area contributed by atoms with E-state index in [0.717, 1.165) is 62.5 Å². The molecule has 0 aliphatic carbocycles. The first-order valence-corrected chi connectivity index (χ1v) is 18.0. The van der Waals surface area contributed by atoms with Crippen molar-refractivity contribution in [2.45, 2.75) is 96.0 Å². The van der Waals surface area contributed by atoms with Crippen molar-refractivity contribution < 1.29 is 15.0 Å². The van der Waals surface area contributed by atoms with Crippen molar-refractivity contribution in [3.8, 4) is 0 Å². The molecule has 0 aromatic heterocycles. The highest BCUT2D eigenvalue weighted by Gasteiger charge is 2.45. The van der Waals surface area contributed by atoms with E-state index in [2.05, 4.69) is 63.7 Å². The standard InChI is InChI=1S/C31H42Br4N2O3/c32-27(33)17-9-3-11-19-36-25(21-23-13-5-1-6-14-23)29(38)30(39)26(22-24-15-7-2-8-16-24)37(31(36)40)20-12-4-10-18-28(34)35/h1-2,5-8,13-16,25-30,38-39H,3-4,9-12,17-22H2/t25-,26-,29+,30+/m1/s1. The number of rotatable bonds is 16. The Morgan fingerprint density at radius 1 is 0.600 bits per heavy atom. The third kappa shape index (κ3) is 11.0. The smallest absolute Gasteiger partial charge is 0.320 e. The van der Waals surface area contributed by atoms with Gasteiger partial charge in [-0.3, -0.25) is 0 Å². The number of carbonyl (C=O) groups excluding carboxylic acids is 1. The number of amides is 2.